The molecule has 0 spiro atoms. The smallest absolute Gasteiger partial charge is 0.164 e. The average molecular weight is 546 g/mol. The first-order chi connectivity index (χ1) is 20.0. The number of carbonyl (C=O) groups excluding carboxylic acids is 1. The zero-order chi connectivity index (χ0) is 28.2. The number of anilines is 1. The fourth-order valence-electron chi connectivity index (χ4n) is 5.14. The first-order valence-corrected chi connectivity index (χ1v) is 13.8. The van der Waals surface area contributed by atoms with Crippen LogP contribution in [0.1, 0.15) is 42.7 Å². The molecule has 0 amide bonds. The molecule has 6 rings (SSSR count). The van der Waals surface area contributed by atoms with Crippen molar-refractivity contribution in [3.8, 4) is 22.4 Å². The van der Waals surface area contributed by atoms with E-state index in [1.54, 1.807) is 18.6 Å². The van der Waals surface area contributed by atoms with E-state index in [0.717, 1.165) is 33.2 Å². The first kappa shape index (κ1) is 26.7. The maximum Gasteiger partial charge on any atom is 0.164 e. The van der Waals surface area contributed by atoms with Crippen LogP contribution in [-0.4, -0.2) is 44.4 Å². The Morgan fingerprint density at radius 2 is 1.83 bits per heavy atom. The predicted molar refractivity (Wildman–Crippen MR) is 158 cm³/mol. The van der Waals surface area contributed by atoms with Gasteiger partial charge in [0.25, 0.3) is 0 Å². The predicted octanol–water partition coefficient (Wildman–Crippen LogP) is 6.48. The van der Waals surface area contributed by atoms with E-state index in [2.05, 4.69) is 43.7 Å². The summed E-state index contributed by atoms with van der Waals surface area (Å²) in [5.41, 5.74) is 4.93. The molecular weight excluding hydrogens is 514 g/mol. The first-order valence-electron chi connectivity index (χ1n) is 13.8. The molecule has 1 N–H and O–H groups in total. The van der Waals surface area contributed by atoms with Crippen LogP contribution in [0.15, 0.2) is 91.4 Å². The van der Waals surface area contributed by atoms with Crippen LogP contribution >= 0.6 is 0 Å². The van der Waals surface area contributed by atoms with Crippen molar-refractivity contribution in [3.05, 3.63) is 103 Å². The lowest BCUT2D eigenvalue weighted by molar-refractivity contribution is -0.138. The monoisotopic (exact) mass is 545 g/mol. The minimum absolute atomic E-state index is 0.00328. The van der Waals surface area contributed by atoms with Crippen LogP contribution in [0.4, 0.5) is 5.82 Å². The van der Waals surface area contributed by atoms with Crippen molar-refractivity contribution in [2.45, 2.75) is 45.1 Å². The number of hydrogen-bond acceptors (Lipinski definition) is 8. The lowest BCUT2D eigenvalue weighted by Gasteiger charge is -2.17. The van der Waals surface area contributed by atoms with Crippen molar-refractivity contribution in [1.82, 2.24) is 20.2 Å². The summed E-state index contributed by atoms with van der Waals surface area (Å²) < 4.78 is 11.5. The number of carbonyl (C=O) groups is 1. The number of ether oxygens (including phenoxy) is 2. The standard InChI is InChI=1S/C33H31N5O3/c1-33(2)40-21-26(41-33)14-15-29(39)23-17-24(19-34-18-23)31-28-13-8-12-27(22-9-4-3-5-10-22)30(28)32(38-37-31)36-20-25-11-6-7-16-35-25/h3-13,16-19,26H,14-15,20-21H2,1-2H3,(H,36,38). The molecule has 1 aliphatic heterocycles. The number of fused-ring (bicyclic) bond motifs is 1. The third kappa shape index (κ3) is 5.99. The zero-order valence-corrected chi connectivity index (χ0v) is 23.1. The number of rotatable bonds is 9. The van der Waals surface area contributed by atoms with E-state index in [1.807, 2.05) is 68.4 Å². The molecule has 8 nitrogen and oxygen atoms in total. The maximum absolute atomic E-state index is 13.1. The molecule has 4 heterocycles. The highest BCUT2D eigenvalue weighted by Crippen LogP contribution is 2.37. The molecule has 1 fully saturated rings. The molecule has 5 aromatic rings. The van der Waals surface area contributed by atoms with Gasteiger partial charge in [-0.1, -0.05) is 54.6 Å². The van der Waals surface area contributed by atoms with Crippen LogP contribution in [0.25, 0.3) is 33.2 Å². The molecule has 0 aliphatic carbocycles. The third-order valence-electron chi connectivity index (χ3n) is 7.15. The quantitative estimate of drug-likeness (QED) is 0.210. The van der Waals surface area contributed by atoms with E-state index >= 15 is 0 Å². The van der Waals surface area contributed by atoms with E-state index < -0.39 is 5.79 Å². The molecule has 206 valence electrons. The summed E-state index contributed by atoms with van der Waals surface area (Å²) in [5, 5.41) is 14.6. The molecular formula is C33H31N5O3. The van der Waals surface area contributed by atoms with Gasteiger partial charge in [0.1, 0.15) is 5.69 Å². The number of hydrogen-bond donors (Lipinski definition) is 1. The molecule has 2 aromatic carbocycles. The largest absolute Gasteiger partial charge is 0.362 e. The van der Waals surface area contributed by atoms with Crippen LogP contribution < -0.4 is 5.32 Å². The number of nitrogens with zero attached hydrogens (tertiary/aromatic N) is 4. The average Bonchev–Trinajstić information content (AvgIpc) is 3.37. The number of Topliss-reactive ketones (excluding diaryl/α,β-unsaturated/α-hetero) is 1. The topological polar surface area (TPSA) is 99.1 Å². The van der Waals surface area contributed by atoms with Gasteiger partial charge in [0.2, 0.25) is 0 Å². The second-order valence-corrected chi connectivity index (χ2v) is 10.5. The summed E-state index contributed by atoms with van der Waals surface area (Å²) in [7, 11) is 0. The Morgan fingerprint density at radius 1 is 0.976 bits per heavy atom. The van der Waals surface area contributed by atoms with Gasteiger partial charge in [0.15, 0.2) is 17.4 Å². The van der Waals surface area contributed by atoms with E-state index in [9.17, 15) is 4.79 Å². The molecule has 1 atom stereocenters. The van der Waals surface area contributed by atoms with E-state index in [4.69, 9.17) is 9.47 Å². The van der Waals surface area contributed by atoms with Gasteiger partial charge in [-0.25, -0.2) is 0 Å². The summed E-state index contributed by atoms with van der Waals surface area (Å²) in [4.78, 5) is 22.0. The third-order valence-corrected chi connectivity index (χ3v) is 7.15. The molecule has 1 aliphatic rings. The summed E-state index contributed by atoms with van der Waals surface area (Å²) in [6.45, 7) is 4.77. The van der Waals surface area contributed by atoms with Gasteiger partial charge in [-0.05, 0) is 49.6 Å². The van der Waals surface area contributed by atoms with Gasteiger partial charge < -0.3 is 14.8 Å². The fourth-order valence-corrected chi connectivity index (χ4v) is 5.14. The van der Waals surface area contributed by atoms with Crippen molar-refractivity contribution >= 4 is 22.4 Å². The Hall–Kier alpha value is -4.53. The molecule has 0 saturated carbocycles. The van der Waals surface area contributed by atoms with Gasteiger partial charge >= 0.3 is 0 Å². The highest BCUT2D eigenvalue weighted by molar-refractivity contribution is 6.08. The molecule has 41 heavy (non-hydrogen) atoms. The van der Waals surface area contributed by atoms with Gasteiger partial charge in [-0.2, -0.15) is 0 Å². The van der Waals surface area contributed by atoms with Crippen LogP contribution in [0, 0.1) is 0 Å². The molecule has 8 heteroatoms. The SMILES string of the molecule is CC1(C)OCC(CCC(=O)c2cncc(-c3nnc(NCc4ccccn4)c4c(-c5ccccc5)cccc34)c2)O1. The second-order valence-electron chi connectivity index (χ2n) is 10.5. The summed E-state index contributed by atoms with van der Waals surface area (Å²) in [6.07, 6.45) is 5.95. The fraction of sp³-hybridized carbons (Fsp3) is 0.242. The normalized spacial score (nSPS) is 16.1. The molecule has 1 saturated heterocycles. The Labute approximate surface area is 238 Å². The van der Waals surface area contributed by atoms with Crippen molar-refractivity contribution in [1.29, 1.82) is 0 Å². The van der Waals surface area contributed by atoms with Crippen molar-refractivity contribution < 1.29 is 14.3 Å². The van der Waals surface area contributed by atoms with Crippen molar-refractivity contribution in [2.75, 3.05) is 11.9 Å². The summed E-state index contributed by atoms with van der Waals surface area (Å²) in [6, 6.07) is 24.0. The molecule has 0 radical (unpaired) electrons. The highest BCUT2D eigenvalue weighted by Gasteiger charge is 2.32. The zero-order valence-electron chi connectivity index (χ0n) is 23.1. The lowest BCUT2D eigenvalue weighted by Crippen LogP contribution is -2.21. The van der Waals surface area contributed by atoms with E-state index in [-0.39, 0.29) is 11.9 Å². The highest BCUT2D eigenvalue weighted by atomic mass is 16.7. The molecule has 0 bridgehead atoms. The Balaban J connectivity index is 1.35. The number of pyridine rings is 2. The number of benzene rings is 2. The number of ketones is 1. The maximum atomic E-state index is 13.1. The molecule has 1 unspecified atom stereocenters. The summed E-state index contributed by atoms with van der Waals surface area (Å²) in [5.74, 6) is 0.0610. The van der Waals surface area contributed by atoms with Crippen molar-refractivity contribution in [3.63, 3.8) is 0 Å². The Morgan fingerprint density at radius 3 is 2.61 bits per heavy atom. The summed E-state index contributed by atoms with van der Waals surface area (Å²) >= 11 is 0. The van der Waals surface area contributed by atoms with Crippen LogP contribution in [-0.2, 0) is 16.0 Å². The second kappa shape index (κ2) is 11.5. The van der Waals surface area contributed by atoms with Gasteiger partial charge in [-0.15, -0.1) is 10.2 Å². The Bertz CT molecular complexity index is 1680. The Kier molecular flexibility index (Phi) is 7.50. The van der Waals surface area contributed by atoms with Crippen LogP contribution in [0.2, 0.25) is 0 Å². The van der Waals surface area contributed by atoms with E-state index in [1.165, 1.54) is 0 Å². The molecule has 3 aromatic heterocycles. The van der Waals surface area contributed by atoms with E-state index in [0.29, 0.717) is 43.1 Å². The van der Waals surface area contributed by atoms with Gasteiger partial charge in [-0.3, -0.25) is 14.8 Å². The number of aromatic nitrogens is 4. The van der Waals surface area contributed by atoms with Gasteiger partial charge in [0.05, 0.1) is 24.9 Å². The number of nitrogens with one attached hydrogen (secondary N) is 1. The van der Waals surface area contributed by atoms with Crippen molar-refractivity contribution in [2.24, 2.45) is 0 Å². The van der Waals surface area contributed by atoms with Crippen LogP contribution in [0.5, 0.6) is 0 Å². The minimum atomic E-state index is -0.605. The minimum Gasteiger partial charge on any atom is -0.362 e. The van der Waals surface area contributed by atoms with Gasteiger partial charge in [0, 0.05) is 46.9 Å². The van der Waals surface area contributed by atoms with Crippen LogP contribution in [0.3, 0.4) is 0 Å². The lowest BCUT2D eigenvalue weighted by atomic mass is 9.96.